The minimum Gasteiger partial charge on any atom is -0.418 e. The molecule has 3 aromatic carbocycles. The van der Waals surface area contributed by atoms with Gasteiger partial charge in [-0.15, -0.1) is 10.2 Å². The molecule has 0 aliphatic rings. The highest BCUT2D eigenvalue weighted by Gasteiger charge is 2.22. The van der Waals surface area contributed by atoms with Crippen molar-refractivity contribution in [1.82, 2.24) is 10.2 Å². The number of nitrogens with one attached hydrogen (secondary N) is 1. The fraction of sp³-hybridized carbons (Fsp3) is 0.0909. The van der Waals surface area contributed by atoms with Crippen LogP contribution in [0.3, 0.4) is 0 Å². The second kappa shape index (κ2) is 7.64. The maximum absolute atomic E-state index is 6.42. The van der Waals surface area contributed by atoms with Crippen LogP contribution in [-0.4, -0.2) is 10.2 Å². The average Bonchev–Trinajstić information content (AvgIpc) is 3.19. The Morgan fingerprint density at radius 3 is 2.30 bits per heavy atom. The van der Waals surface area contributed by atoms with Gasteiger partial charge in [0.15, 0.2) is 0 Å². The third-order valence-electron chi connectivity index (χ3n) is 4.27. The zero-order valence-corrected chi connectivity index (χ0v) is 15.5. The van der Waals surface area contributed by atoms with E-state index in [4.69, 9.17) is 16.0 Å². The first kappa shape index (κ1) is 17.3. The second-order valence-corrected chi connectivity index (χ2v) is 6.69. The van der Waals surface area contributed by atoms with Crippen LogP contribution in [0.5, 0.6) is 0 Å². The predicted molar refractivity (Wildman–Crippen MR) is 108 cm³/mol. The zero-order chi connectivity index (χ0) is 18.6. The number of hydrogen-bond acceptors (Lipinski definition) is 4. The molecule has 0 saturated heterocycles. The molecule has 1 N–H and O–H groups in total. The van der Waals surface area contributed by atoms with E-state index in [0.717, 1.165) is 22.4 Å². The summed E-state index contributed by atoms with van der Waals surface area (Å²) >= 11 is 6.42. The molecule has 4 aromatic rings. The lowest BCUT2D eigenvalue weighted by Gasteiger charge is -2.18. The standard InChI is InChI=1S/C22H18ClN3O/c1-15-12-13-19(18(23)14-15)24-20(16-8-4-2-5-9-16)22-26-25-21(27-22)17-10-6-3-7-11-17/h2-14,20,24H,1H3/t20-/m0/s1. The van der Waals surface area contributed by atoms with Crippen molar-refractivity contribution in [2.45, 2.75) is 13.0 Å². The lowest BCUT2D eigenvalue weighted by molar-refractivity contribution is 0.494. The van der Waals surface area contributed by atoms with E-state index in [0.29, 0.717) is 16.8 Å². The molecule has 134 valence electrons. The number of rotatable bonds is 5. The molecule has 0 aliphatic heterocycles. The Hall–Kier alpha value is -3.11. The maximum Gasteiger partial charge on any atom is 0.247 e. The van der Waals surface area contributed by atoms with E-state index in [1.54, 1.807) is 0 Å². The number of aromatic nitrogens is 2. The number of anilines is 1. The van der Waals surface area contributed by atoms with Gasteiger partial charge >= 0.3 is 0 Å². The van der Waals surface area contributed by atoms with Crippen LogP contribution in [0.15, 0.2) is 83.3 Å². The summed E-state index contributed by atoms with van der Waals surface area (Å²) in [6.07, 6.45) is 0. The quantitative estimate of drug-likeness (QED) is 0.471. The Bertz CT molecular complexity index is 1030. The minimum absolute atomic E-state index is 0.309. The lowest BCUT2D eigenvalue weighted by Crippen LogP contribution is -2.13. The van der Waals surface area contributed by atoms with Crippen molar-refractivity contribution in [3.05, 3.63) is 101 Å². The predicted octanol–water partition coefficient (Wildman–Crippen LogP) is 5.90. The van der Waals surface area contributed by atoms with Crippen molar-refractivity contribution in [1.29, 1.82) is 0 Å². The summed E-state index contributed by atoms with van der Waals surface area (Å²) in [7, 11) is 0. The molecule has 0 unspecified atom stereocenters. The van der Waals surface area contributed by atoms with E-state index < -0.39 is 0 Å². The van der Waals surface area contributed by atoms with Gasteiger partial charge in [-0.3, -0.25) is 0 Å². The highest BCUT2D eigenvalue weighted by atomic mass is 35.5. The van der Waals surface area contributed by atoms with Crippen LogP contribution >= 0.6 is 11.6 Å². The van der Waals surface area contributed by atoms with Gasteiger partial charge in [-0.1, -0.05) is 66.2 Å². The van der Waals surface area contributed by atoms with Gasteiger partial charge in [0.1, 0.15) is 6.04 Å². The van der Waals surface area contributed by atoms with E-state index in [1.807, 2.05) is 85.8 Å². The van der Waals surface area contributed by atoms with Crippen molar-refractivity contribution in [3.8, 4) is 11.5 Å². The van der Waals surface area contributed by atoms with Crippen LogP contribution in [0.1, 0.15) is 23.1 Å². The van der Waals surface area contributed by atoms with Gasteiger partial charge in [-0.25, -0.2) is 0 Å². The van der Waals surface area contributed by atoms with E-state index in [1.165, 1.54) is 0 Å². The first-order valence-electron chi connectivity index (χ1n) is 8.67. The molecule has 4 rings (SSSR count). The second-order valence-electron chi connectivity index (χ2n) is 6.28. The first-order chi connectivity index (χ1) is 13.2. The Kier molecular flexibility index (Phi) is 4.90. The molecule has 1 atom stereocenters. The molecule has 0 spiro atoms. The van der Waals surface area contributed by atoms with Crippen LogP contribution in [0.2, 0.25) is 5.02 Å². The third kappa shape index (κ3) is 3.86. The fourth-order valence-corrected chi connectivity index (χ4v) is 3.16. The summed E-state index contributed by atoms with van der Waals surface area (Å²) in [5, 5.41) is 12.6. The van der Waals surface area contributed by atoms with Crippen LogP contribution in [0, 0.1) is 6.92 Å². The van der Waals surface area contributed by atoms with Crippen molar-refractivity contribution < 1.29 is 4.42 Å². The van der Waals surface area contributed by atoms with Crippen molar-refractivity contribution >= 4 is 17.3 Å². The first-order valence-corrected chi connectivity index (χ1v) is 9.05. The van der Waals surface area contributed by atoms with Gasteiger partial charge in [0, 0.05) is 5.56 Å². The van der Waals surface area contributed by atoms with Gasteiger partial charge in [0.25, 0.3) is 0 Å². The van der Waals surface area contributed by atoms with Gasteiger partial charge < -0.3 is 9.73 Å². The summed E-state index contributed by atoms with van der Waals surface area (Å²) in [4.78, 5) is 0. The molecule has 5 heteroatoms. The summed E-state index contributed by atoms with van der Waals surface area (Å²) in [6, 6.07) is 25.3. The molecule has 0 amide bonds. The normalized spacial score (nSPS) is 11.9. The molecule has 1 aromatic heterocycles. The molecule has 0 saturated carbocycles. The van der Waals surface area contributed by atoms with E-state index in [9.17, 15) is 0 Å². The third-order valence-corrected chi connectivity index (χ3v) is 4.58. The molecule has 1 heterocycles. The number of hydrogen-bond donors (Lipinski definition) is 1. The van der Waals surface area contributed by atoms with Crippen LogP contribution < -0.4 is 5.32 Å². The van der Waals surface area contributed by atoms with E-state index in [-0.39, 0.29) is 6.04 Å². The molecule has 0 aliphatic carbocycles. The maximum atomic E-state index is 6.42. The summed E-state index contributed by atoms with van der Waals surface area (Å²) in [5.41, 5.74) is 3.82. The highest BCUT2D eigenvalue weighted by Crippen LogP contribution is 2.31. The van der Waals surface area contributed by atoms with Gasteiger partial charge in [-0.05, 0) is 42.3 Å². The Morgan fingerprint density at radius 2 is 1.59 bits per heavy atom. The van der Waals surface area contributed by atoms with E-state index in [2.05, 4.69) is 15.5 Å². The topological polar surface area (TPSA) is 51.0 Å². The molecule has 4 nitrogen and oxygen atoms in total. The monoisotopic (exact) mass is 375 g/mol. The molecular weight excluding hydrogens is 358 g/mol. The van der Waals surface area contributed by atoms with Crippen molar-refractivity contribution in [2.24, 2.45) is 0 Å². The smallest absolute Gasteiger partial charge is 0.247 e. The summed E-state index contributed by atoms with van der Waals surface area (Å²) in [6.45, 7) is 2.01. The summed E-state index contributed by atoms with van der Waals surface area (Å²) in [5.74, 6) is 0.972. The van der Waals surface area contributed by atoms with Gasteiger partial charge in [0.2, 0.25) is 11.8 Å². The lowest BCUT2D eigenvalue weighted by atomic mass is 10.1. The number of benzene rings is 3. The molecule has 0 radical (unpaired) electrons. The molecule has 0 fully saturated rings. The van der Waals surface area contributed by atoms with Gasteiger partial charge in [-0.2, -0.15) is 0 Å². The average molecular weight is 376 g/mol. The number of aryl methyl sites for hydroxylation is 1. The highest BCUT2D eigenvalue weighted by molar-refractivity contribution is 6.33. The molecule has 0 bridgehead atoms. The Morgan fingerprint density at radius 1 is 0.889 bits per heavy atom. The number of nitrogens with zero attached hydrogens (tertiary/aromatic N) is 2. The fourth-order valence-electron chi connectivity index (χ4n) is 2.87. The largest absolute Gasteiger partial charge is 0.418 e. The minimum atomic E-state index is -0.309. The van der Waals surface area contributed by atoms with Crippen LogP contribution in [-0.2, 0) is 0 Å². The Labute approximate surface area is 162 Å². The van der Waals surface area contributed by atoms with Crippen LogP contribution in [0.4, 0.5) is 5.69 Å². The molecule has 27 heavy (non-hydrogen) atoms. The molecular formula is C22H18ClN3O. The van der Waals surface area contributed by atoms with E-state index >= 15 is 0 Å². The number of halogens is 1. The van der Waals surface area contributed by atoms with Crippen molar-refractivity contribution in [3.63, 3.8) is 0 Å². The van der Waals surface area contributed by atoms with Gasteiger partial charge in [0.05, 0.1) is 10.7 Å². The van der Waals surface area contributed by atoms with Crippen LogP contribution in [0.25, 0.3) is 11.5 Å². The summed E-state index contributed by atoms with van der Waals surface area (Å²) < 4.78 is 5.99. The Balaban J connectivity index is 1.72. The zero-order valence-electron chi connectivity index (χ0n) is 14.8. The van der Waals surface area contributed by atoms with Crippen molar-refractivity contribution in [2.75, 3.05) is 5.32 Å². The SMILES string of the molecule is Cc1ccc(N[C@@H](c2ccccc2)c2nnc(-c3ccccc3)o2)c(Cl)c1.